The highest BCUT2D eigenvalue weighted by atomic mass is 15.3. The molecule has 4 rings (SSSR count). The molecule has 5 heteroatoms. The molecule has 0 amide bonds. The minimum absolute atomic E-state index is 0.816. The molecular weight excluding hydrogens is 358 g/mol. The second-order valence-electron chi connectivity index (χ2n) is 7.57. The summed E-state index contributed by atoms with van der Waals surface area (Å²) in [5.41, 5.74) is 2.71. The lowest BCUT2D eigenvalue weighted by molar-refractivity contribution is 0.249. The van der Waals surface area contributed by atoms with Crippen LogP contribution in [0.25, 0.3) is 0 Å². The van der Waals surface area contributed by atoms with E-state index in [0.29, 0.717) is 0 Å². The van der Waals surface area contributed by atoms with Crippen LogP contribution in [0.2, 0.25) is 0 Å². The van der Waals surface area contributed by atoms with Gasteiger partial charge in [-0.15, -0.1) is 0 Å². The van der Waals surface area contributed by atoms with Crippen LogP contribution in [0.15, 0.2) is 66.7 Å². The number of nitrogens with one attached hydrogen (secondary N) is 1. The molecule has 0 unspecified atom stereocenters. The summed E-state index contributed by atoms with van der Waals surface area (Å²) in [6, 6.07) is 23.3. The van der Waals surface area contributed by atoms with Gasteiger partial charge in [-0.2, -0.15) is 0 Å². The summed E-state index contributed by atoms with van der Waals surface area (Å²) in [4.78, 5) is 14.1. The van der Waals surface area contributed by atoms with Crippen molar-refractivity contribution >= 4 is 11.6 Å². The Balaban J connectivity index is 1.32. The fourth-order valence-electron chi connectivity index (χ4n) is 3.76. The van der Waals surface area contributed by atoms with E-state index in [1.807, 2.05) is 6.92 Å². The van der Waals surface area contributed by atoms with Crippen molar-refractivity contribution in [3.05, 3.63) is 83.7 Å². The van der Waals surface area contributed by atoms with E-state index >= 15 is 0 Å². The summed E-state index contributed by atoms with van der Waals surface area (Å²) < 4.78 is 0. The van der Waals surface area contributed by atoms with Gasteiger partial charge in [0, 0.05) is 45.3 Å². The Hall–Kier alpha value is -2.92. The number of piperazine rings is 1. The average Bonchev–Trinajstić information content (AvgIpc) is 2.75. The van der Waals surface area contributed by atoms with E-state index in [-0.39, 0.29) is 0 Å². The van der Waals surface area contributed by atoms with Gasteiger partial charge in [0.1, 0.15) is 17.5 Å². The topological polar surface area (TPSA) is 44.3 Å². The van der Waals surface area contributed by atoms with Gasteiger partial charge in [0.25, 0.3) is 0 Å². The van der Waals surface area contributed by atoms with E-state index in [4.69, 9.17) is 0 Å². The summed E-state index contributed by atoms with van der Waals surface area (Å²) in [5.74, 6) is 2.76. The Morgan fingerprint density at radius 2 is 1.48 bits per heavy atom. The van der Waals surface area contributed by atoms with Crippen LogP contribution in [0.1, 0.15) is 17.0 Å². The van der Waals surface area contributed by atoms with Gasteiger partial charge < -0.3 is 10.2 Å². The molecule has 0 bridgehead atoms. The highest BCUT2D eigenvalue weighted by Gasteiger charge is 2.19. The number of benzene rings is 2. The van der Waals surface area contributed by atoms with Gasteiger partial charge in [0.15, 0.2) is 0 Å². The van der Waals surface area contributed by atoms with Crippen LogP contribution in [0, 0.1) is 6.92 Å². The Morgan fingerprint density at radius 3 is 2.17 bits per heavy atom. The van der Waals surface area contributed by atoms with Crippen molar-refractivity contribution in [3.63, 3.8) is 0 Å². The molecule has 1 aliphatic heterocycles. The Morgan fingerprint density at radius 1 is 0.828 bits per heavy atom. The summed E-state index contributed by atoms with van der Waals surface area (Å²) in [7, 11) is 0. The molecule has 150 valence electrons. The van der Waals surface area contributed by atoms with Crippen LogP contribution in [0.5, 0.6) is 0 Å². The first kappa shape index (κ1) is 19.4. The molecule has 2 aromatic carbocycles. The number of hydrogen-bond acceptors (Lipinski definition) is 5. The zero-order valence-corrected chi connectivity index (χ0v) is 17.1. The van der Waals surface area contributed by atoms with Crippen molar-refractivity contribution in [1.82, 2.24) is 14.9 Å². The molecular formula is C24H29N5. The van der Waals surface area contributed by atoms with E-state index < -0.39 is 0 Å². The predicted molar refractivity (Wildman–Crippen MR) is 119 cm³/mol. The minimum Gasteiger partial charge on any atom is -0.370 e. The molecule has 1 N–H and O–H groups in total. The molecule has 3 aromatic rings. The average molecular weight is 388 g/mol. The van der Waals surface area contributed by atoms with Crippen LogP contribution >= 0.6 is 0 Å². The normalized spacial score (nSPS) is 14.7. The maximum Gasteiger partial charge on any atom is 0.134 e. The lowest BCUT2D eigenvalue weighted by atomic mass is 10.1. The zero-order valence-electron chi connectivity index (χ0n) is 17.1. The van der Waals surface area contributed by atoms with Crippen molar-refractivity contribution in [3.8, 4) is 0 Å². The van der Waals surface area contributed by atoms with Crippen molar-refractivity contribution in [2.45, 2.75) is 19.9 Å². The molecule has 2 heterocycles. The third-order valence-corrected chi connectivity index (χ3v) is 5.33. The quantitative estimate of drug-likeness (QED) is 0.669. The fourth-order valence-corrected chi connectivity index (χ4v) is 3.76. The third kappa shape index (κ3) is 5.55. The summed E-state index contributed by atoms with van der Waals surface area (Å²) >= 11 is 0. The first-order valence-electron chi connectivity index (χ1n) is 10.4. The smallest absolute Gasteiger partial charge is 0.134 e. The number of aryl methyl sites for hydroxylation is 1. The van der Waals surface area contributed by atoms with E-state index in [2.05, 4.69) is 91.8 Å². The number of aromatic nitrogens is 2. The van der Waals surface area contributed by atoms with Gasteiger partial charge in [0.05, 0.1) is 0 Å². The Labute approximate surface area is 173 Å². The van der Waals surface area contributed by atoms with Crippen molar-refractivity contribution in [2.24, 2.45) is 0 Å². The first-order chi connectivity index (χ1) is 14.3. The van der Waals surface area contributed by atoms with E-state index in [9.17, 15) is 0 Å². The standard InChI is InChI=1S/C24H29N5/c1-20-26-23(25-13-12-21-8-4-2-5-9-21)18-24(27-20)29-16-14-28(15-17-29)19-22-10-6-3-7-11-22/h2-11,18H,12-17,19H2,1H3,(H,25,26,27). The van der Waals surface area contributed by atoms with Gasteiger partial charge in [-0.3, -0.25) is 4.90 Å². The molecule has 0 radical (unpaired) electrons. The highest BCUT2D eigenvalue weighted by molar-refractivity contribution is 5.50. The molecule has 0 saturated carbocycles. The minimum atomic E-state index is 0.816. The second-order valence-corrected chi connectivity index (χ2v) is 7.57. The molecule has 1 fully saturated rings. The van der Waals surface area contributed by atoms with E-state index in [1.165, 1.54) is 11.1 Å². The first-order valence-corrected chi connectivity index (χ1v) is 10.4. The maximum absolute atomic E-state index is 4.69. The lowest BCUT2D eigenvalue weighted by Crippen LogP contribution is -2.46. The molecule has 1 saturated heterocycles. The fraction of sp³-hybridized carbons (Fsp3) is 0.333. The molecule has 1 aliphatic rings. The summed E-state index contributed by atoms with van der Waals surface area (Å²) in [5, 5.41) is 3.47. The van der Waals surface area contributed by atoms with Gasteiger partial charge >= 0.3 is 0 Å². The number of rotatable bonds is 7. The van der Waals surface area contributed by atoms with Crippen LogP contribution in [-0.2, 0) is 13.0 Å². The van der Waals surface area contributed by atoms with Crippen molar-refractivity contribution in [1.29, 1.82) is 0 Å². The molecule has 1 aromatic heterocycles. The van der Waals surface area contributed by atoms with Crippen molar-refractivity contribution < 1.29 is 0 Å². The molecule has 29 heavy (non-hydrogen) atoms. The van der Waals surface area contributed by atoms with Gasteiger partial charge in [0.2, 0.25) is 0 Å². The Kier molecular flexibility index (Phi) is 6.37. The monoisotopic (exact) mass is 387 g/mol. The summed E-state index contributed by atoms with van der Waals surface area (Å²) in [6.07, 6.45) is 0.984. The molecule has 0 spiro atoms. The predicted octanol–water partition coefficient (Wildman–Crippen LogP) is 3.76. The maximum atomic E-state index is 4.69. The van der Waals surface area contributed by atoms with Gasteiger partial charge in [-0.05, 0) is 24.5 Å². The summed E-state index contributed by atoms with van der Waals surface area (Å²) in [6.45, 7) is 7.94. The number of hydrogen-bond donors (Lipinski definition) is 1. The second kappa shape index (κ2) is 9.52. The van der Waals surface area contributed by atoms with Gasteiger partial charge in [-0.1, -0.05) is 60.7 Å². The third-order valence-electron chi connectivity index (χ3n) is 5.33. The van der Waals surface area contributed by atoms with Crippen LogP contribution in [-0.4, -0.2) is 47.6 Å². The lowest BCUT2D eigenvalue weighted by Gasteiger charge is -2.35. The van der Waals surface area contributed by atoms with Crippen molar-refractivity contribution in [2.75, 3.05) is 42.9 Å². The van der Waals surface area contributed by atoms with Crippen LogP contribution in [0.3, 0.4) is 0 Å². The molecule has 0 aliphatic carbocycles. The number of anilines is 2. The SMILES string of the molecule is Cc1nc(NCCc2ccccc2)cc(N2CCN(Cc3ccccc3)CC2)n1. The largest absolute Gasteiger partial charge is 0.370 e. The molecule has 0 atom stereocenters. The van der Waals surface area contributed by atoms with E-state index in [0.717, 1.165) is 63.1 Å². The van der Waals surface area contributed by atoms with Crippen LogP contribution < -0.4 is 10.2 Å². The van der Waals surface area contributed by atoms with E-state index in [1.54, 1.807) is 0 Å². The van der Waals surface area contributed by atoms with Crippen LogP contribution in [0.4, 0.5) is 11.6 Å². The Bertz CT molecular complexity index is 890. The van der Waals surface area contributed by atoms with Gasteiger partial charge in [-0.25, -0.2) is 9.97 Å². The molecule has 5 nitrogen and oxygen atoms in total. The zero-order chi connectivity index (χ0) is 19.9. The highest BCUT2D eigenvalue weighted by Crippen LogP contribution is 2.19. The number of nitrogens with zero attached hydrogens (tertiary/aromatic N) is 4.